The monoisotopic (exact) mass is 291 g/mol. The van der Waals surface area contributed by atoms with Crippen LogP contribution in [0, 0.1) is 5.82 Å². The number of benzene rings is 1. The molecule has 2 heterocycles. The summed E-state index contributed by atoms with van der Waals surface area (Å²) < 4.78 is 15.3. The van der Waals surface area contributed by atoms with Crippen LogP contribution in [0.5, 0.6) is 0 Å². The van der Waals surface area contributed by atoms with Crippen LogP contribution >= 0.6 is 12.2 Å². The van der Waals surface area contributed by atoms with Gasteiger partial charge < -0.3 is 10.3 Å². The van der Waals surface area contributed by atoms with Gasteiger partial charge in [-0.2, -0.15) is 0 Å². The van der Waals surface area contributed by atoms with E-state index in [0.717, 1.165) is 24.5 Å². The molecule has 0 spiro atoms. The summed E-state index contributed by atoms with van der Waals surface area (Å²) in [6.45, 7) is 3.12. The Balaban J connectivity index is 1.81. The Morgan fingerprint density at radius 1 is 1.40 bits per heavy atom. The third kappa shape index (κ3) is 2.54. The summed E-state index contributed by atoms with van der Waals surface area (Å²) in [5.41, 5.74) is 7.21. The lowest BCUT2D eigenvalue weighted by Gasteiger charge is -2.27. The van der Waals surface area contributed by atoms with E-state index < -0.39 is 0 Å². The SMILES string of the molecule is NC(=S)c1cc(F)ccc1CN1CCn2cnnc2C1. The van der Waals surface area contributed by atoms with Crippen molar-refractivity contribution >= 4 is 17.2 Å². The Morgan fingerprint density at radius 3 is 3.05 bits per heavy atom. The number of fused-ring (bicyclic) bond motifs is 1. The maximum atomic E-state index is 13.3. The highest BCUT2D eigenvalue weighted by Gasteiger charge is 2.19. The molecule has 1 aromatic carbocycles. The van der Waals surface area contributed by atoms with Crippen molar-refractivity contribution in [1.82, 2.24) is 19.7 Å². The van der Waals surface area contributed by atoms with E-state index in [1.54, 1.807) is 12.4 Å². The maximum absolute atomic E-state index is 13.3. The Hall–Kier alpha value is -1.86. The molecule has 1 aliphatic heterocycles. The number of hydrogen-bond donors (Lipinski definition) is 1. The minimum atomic E-state index is -0.324. The zero-order valence-corrected chi connectivity index (χ0v) is 11.6. The molecule has 3 rings (SSSR count). The first-order valence-corrected chi connectivity index (χ1v) is 6.71. The van der Waals surface area contributed by atoms with E-state index in [1.807, 2.05) is 4.57 Å². The molecule has 1 aromatic heterocycles. The molecule has 5 nitrogen and oxygen atoms in total. The highest BCUT2D eigenvalue weighted by molar-refractivity contribution is 7.80. The van der Waals surface area contributed by atoms with Gasteiger partial charge in [-0.15, -0.1) is 10.2 Å². The number of aromatic nitrogens is 3. The lowest BCUT2D eigenvalue weighted by molar-refractivity contribution is 0.208. The van der Waals surface area contributed by atoms with Gasteiger partial charge in [-0.1, -0.05) is 18.3 Å². The average molecular weight is 291 g/mol. The standard InChI is InChI=1S/C13H14FN5S/c14-10-2-1-9(11(5-10)13(15)20)6-18-3-4-19-8-16-17-12(19)7-18/h1-2,5,8H,3-4,6-7H2,(H2,15,20). The number of nitrogens with zero attached hydrogens (tertiary/aromatic N) is 4. The van der Waals surface area contributed by atoms with Crippen molar-refractivity contribution in [2.45, 2.75) is 19.6 Å². The van der Waals surface area contributed by atoms with Crippen molar-refractivity contribution in [3.63, 3.8) is 0 Å². The summed E-state index contributed by atoms with van der Waals surface area (Å²) in [5.74, 6) is 0.616. The summed E-state index contributed by atoms with van der Waals surface area (Å²) in [4.78, 5) is 2.44. The fourth-order valence-corrected chi connectivity index (χ4v) is 2.60. The zero-order chi connectivity index (χ0) is 14.1. The van der Waals surface area contributed by atoms with Gasteiger partial charge in [0.15, 0.2) is 0 Å². The van der Waals surface area contributed by atoms with E-state index in [-0.39, 0.29) is 10.8 Å². The summed E-state index contributed by atoms with van der Waals surface area (Å²) in [6, 6.07) is 4.57. The van der Waals surface area contributed by atoms with Crippen LogP contribution in [0.25, 0.3) is 0 Å². The molecule has 0 unspecified atom stereocenters. The van der Waals surface area contributed by atoms with Crippen molar-refractivity contribution in [3.05, 3.63) is 47.3 Å². The number of nitrogens with two attached hydrogens (primary N) is 1. The van der Waals surface area contributed by atoms with Gasteiger partial charge >= 0.3 is 0 Å². The molecule has 0 aliphatic carbocycles. The van der Waals surface area contributed by atoms with E-state index in [2.05, 4.69) is 15.1 Å². The van der Waals surface area contributed by atoms with Crippen LogP contribution in [0.1, 0.15) is 17.0 Å². The molecular formula is C13H14FN5S. The van der Waals surface area contributed by atoms with E-state index in [4.69, 9.17) is 18.0 Å². The molecule has 1 aliphatic rings. The van der Waals surface area contributed by atoms with Crippen LogP contribution in [0.4, 0.5) is 4.39 Å². The van der Waals surface area contributed by atoms with E-state index in [9.17, 15) is 4.39 Å². The topological polar surface area (TPSA) is 60.0 Å². The normalized spacial score (nSPS) is 15.1. The fourth-order valence-electron chi connectivity index (χ4n) is 2.41. The molecule has 0 saturated carbocycles. The summed E-state index contributed by atoms with van der Waals surface area (Å²) >= 11 is 4.99. The Labute approximate surface area is 121 Å². The molecule has 0 atom stereocenters. The van der Waals surface area contributed by atoms with Crippen molar-refractivity contribution in [1.29, 1.82) is 0 Å². The minimum Gasteiger partial charge on any atom is -0.389 e. The number of thiocarbonyl (C=S) groups is 1. The highest BCUT2D eigenvalue weighted by Crippen LogP contribution is 2.17. The van der Waals surface area contributed by atoms with Crippen LogP contribution in [0.15, 0.2) is 24.5 Å². The van der Waals surface area contributed by atoms with Crippen molar-refractivity contribution < 1.29 is 4.39 Å². The van der Waals surface area contributed by atoms with E-state index in [0.29, 0.717) is 18.7 Å². The number of hydrogen-bond acceptors (Lipinski definition) is 4. The first kappa shape index (κ1) is 13.1. The smallest absolute Gasteiger partial charge is 0.147 e. The summed E-state index contributed by atoms with van der Waals surface area (Å²) in [7, 11) is 0. The highest BCUT2D eigenvalue weighted by atomic mass is 32.1. The van der Waals surface area contributed by atoms with Gasteiger partial charge in [0, 0.05) is 25.2 Å². The second-order valence-corrected chi connectivity index (χ2v) is 5.26. The Morgan fingerprint density at radius 2 is 2.25 bits per heavy atom. The van der Waals surface area contributed by atoms with E-state index >= 15 is 0 Å². The fraction of sp³-hybridized carbons (Fsp3) is 0.308. The molecule has 0 amide bonds. The van der Waals surface area contributed by atoms with E-state index in [1.165, 1.54) is 12.1 Å². The number of halogens is 1. The van der Waals surface area contributed by atoms with Crippen LogP contribution in [-0.4, -0.2) is 31.2 Å². The zero-order valence-electron chi connectivity index (χ0n) is 10.8. The first-order chi connectivity index (χ1) is 9.63. The molecule has 20 heavy (non-hydrogen) atoms. The predicted molar refractivity (Wildman–Crippen MR) is 76.4 cm³/mol. The van der Waals surface area contributed by atoms with Gasteiger partial charge in [0.25, 0.3) is 0 Å². The summed E-state index contributed by atoms with van der Waals surface area (Å²) in [6.07, 6.45) is 1.74. The Kier molecular flexibility index (Phi) is 3.45. The molecule has 0 saturated heterocycles. The van der Waals surface area contributed by atoms with Gasteiger partial charge in [0.1, 0.15) is 23.0 Å². The lowest BCUT2D eigenvalue weighted by atomic mass is 10.1. The molecule has 0 fully saturated rings. The van der Waals surface area contributed by atoms with Crippen molar-refractivity contribution in [2.75, 3.05) is 6.54 Å². The van der Waals surface area contributed by atoms with Crippen molar-refractivity contribution in [3.8, 4) is 0 Å². The molecule has 104 valence electrons. The molecule has 0 radical (unpaired) electrons. The largest absolute Gasteiger partial charge is 0.389 e. The third-order valence-electron chi connectivity index (χ3n) is 3.45. The minimum absolute atomic E-state index is 0.222. The van der Waals surface area contributed by atoms with Gasteiger partial charge in [0.2, 0.25) is 0 Å². The third-order valence-corrected chi connectivity index (χ3v) is 3.67. The van der Waals surface area contributed by atoms with Crippen LogP contribution in [0.2, 0.25) is 0 Å². The second-order valence-electron chi connectivity index (χ2n) is 4.82. The molecule has 0 bridgehead atoms. The molecule has 7 heteroatoms. The maximum Gasteiger partial charge on any atom is 0.147 e. The van der Waals surface area contributed by atoms with Gasteiger partial charge in [0.05, 0.1) is 6.54 Å². The Bertz CT molecular complexity index is 654. The predicted octanol–water partition coefficient (Wildman–Crippen LogP) is 1.07. The van der Waals surface area contributed by atoms with Gasteiger partial charge in [-0.3, -0.25) is 4.90 Å². The lowest BCUT2D eigenvalue weighted by Crippen LogP contribution is -2.33. The second kappa shape index (κ2) is 5.26. The molecular weight excluding hydrogens is 277 g/mol. The molecule has 2 aromatic rings. The van der Waals surface area contributed by atoms with Crippen LogP contribution in [-0.2, 0) is 19.6 Å². The van der Waals surface area contributed by atoms with Gasteiger partial charge in [-0.25, -0.2) is 4.39 Å². The van der Waals surface area contributed by atoms with Crippen LogP contribution < -0.4 is 5.73 Å². The first-order valence-electron chi connectivity index (χ1n) is 6.31. The number of rotatable bonds is 3. The van der Waals surface area contributed by atoms with Crippen molar-refractivity contribution in [2.24, 2.45) is 5.73 Å². The van der Waals surface area contributed by atoms with Crippen LogP contribution in [0.3, 0.4) is 0 Å². The quantitative estimate of drug-likeness (QED) is 0.857. The summed E-state index contributed by atoms with van der Waals surface area (Å²) in [5, 5.41) is 7.98. The molecule has 2 N–H and O–H groups in total. The van der Waals surface area contributed by atoms with Gasteiger partial charge in [-0.05, 0) is 17.7 Å². The average Bonchev–Trinajstić information content (AvgIpc) is 2.88.